The lowest BCUT2D eigenvalue weighted by Crippen LogP contribution is -2.38. The van der Waals surface area contributed by atoms with Crippen LogP contribution in [-0.2, 0) is 4.74 Å². The first-order valence-electron chi connectivity index (χ1n) is 10.2. The Morgan fingerprint density at radius 1 is 1.07 bits per heavy atom. The van der Waals surface area contributed by atoms with E-state index in [9.17, 15) is 4.79 Å². The highest BCUT2D eigenvalue weighted by Crippen LogP contribution is 2.20. The molecule has 0 aliphatic carbocycles. The van der Waals surface area contributed by atoms with Gasteiger partial charge in [-0.25, -0.2) is 5.84 Å². The number of nitrogens with one attached hydrogen (secondary N) is 1. The number of piperidine rings is 1. The molecule has 1 saturated heterocycles. The molecule has 0 bridgehead atoms. The smallest absolute Gasteiger partial charge is 0.265 e. The van der Waals surface area contributed by atoms with Gasteiger partial charge in [0.1, 0.15) is 11.9 Å². The van der Waals surface area contributed by atoms with Crippen LogP contribution in [0, 0.1) is 0 Å². The molecule has 0 radical (unpaired) electrons. The number of ether oxygens (including phenoxy) is 2. The fourth-order valence-electron chi connectivity index (χ4n) is 3.50. The Kier molecular flexibility index (Phi) is 10.2. The number of methoxy groups -OCH3 is 1. The molecule has 1 aliphatic rings. The number of nitrogens with two attached hydrogens (primary N) is 1. The van der Waals surface area contributed by atoms with Crippen molar-refractivity contribution in [3.05, 3.63) is 29.8 Å². The molecular formula is C21H35N3O3. The Labute approximate surface area is 163 Å². The number of likely N-dealkylation sites (tertiary alicyclic amines) is 1. The van der Waals surface area contributed by atoms with Crippen LogP contribution in [0.5, 0.6) is 5.75 Å². The van der Waals surface area contributed by atoms with Crippen LogP contribution in [0.15, 0.2) is 24.3 Å². The van der Waals surface area contributed by atoms with Crippen LogP contribution in [-0.4, -0.2) is 50.3 Å². The van der Waals surface area contributed by atoms with Gasteiger partial charge in [0.15, 0.2) is 0 Å². The van der Waals surface area contributed by atoms with Crippen LogP contribution in [0.25, 0.3) is 0 Å². The Hall–Kier alpha value is -1.63. The quantitative estimate of drug-likeness (QED) is 0.253. The molecule has 1 fully saturated rings. The van der Waals surface area contributed by atoms with Crippen LogP contribution >= 0.6 is 0 Å². The average molecular weight is 378 g/mol. The molecule has 1 aromatic rings. The number of benzene rings is 1. The second kappa shape index (κ2) is 12.7. The number of hydrogen-bond donors (Lipinski definition) is 2. The van der Waals surface area contributed by atoms with Gasteiger partial charge in [-0.05, 0) is 56.5 Å². The normalized spacial score (nSPS) is 15.6. The van der Waals surface area contributed by atoms with Crippen molar-refractivity contribution < 1.29 is 14.3 Å². The van der Waals surface area contributed by atoms with Gasteiger partial charge in [0.25, 0.3) is 5.91 Å². The van der Waals surface area contributed by atoms with Gasteiger partial charge in [0.05, 0.1) is 0 Å². The van der Waals surface area contributed by atoms with Gasteiger partial charge < -0.3 is 14.4 Å². The summed E-state index contributed by atoms with van der Waals surface area (Å²) in [7, 11) is 1.77. The standard InChI is InChI=1S/C21H35N3O3/c1-26-17-7-5-3-2-4-6-14-24-15-12-20(13-16-24)27-19-10-8-18(9-11-19)21(25)23-22/h8-11,20H,2-7,12-17,22H2,1H3,(H,23,25). The number of carbonyl (C=O) groups excluding carboxylic acids is 1. The molecule has 6 nitrogen and oxygen atoms in total. The number of carbonyl (C=O) groups is 1. The van der Waals surface area contributed by atoms with Gasteiger partial charge in [0.2, 0.25) is 0 Å². The van der Waals surface area contributed by atoms with E-state index in [1.807, 2.05) is 12.1 Å². The highest BCUT2D eigenvalue weighted by molar-refractivity contribution is 5.93. The maximum Gasteiger partial charge on any atom is 0.265 e. The summed E-state index contributed by atoms with van der Waals surface area (Å²) in [6, 6.07) is 7.15. The molecule has 1 aromatic carbocycles. The Balaban J connectivity index is 1.55. The minimum Gasteiger partial charge on any atom is -0.490 e. The van der Waals surface area contributed by atoms with Gasteiger partial charge in [-0.1, -0.05) is 25.7 Å². The molecule has 6 heteroatoms. The maximum atomic E-state index is 11.4. The third-order valence-corrected chi connectivity index (χ3v) is 5.16. The highest BCUT2D eigenvalue weighted by atomic mass is 16.5. The second-order valence-electron chi connectivity index (χ2n) is 7.27. The van der Waals surface area contributed by atoms with Gasteiger partial charge in [0, 0.05) is 32.4 Å². The van der Waals surface area contributed by atoms with Crippen molar-refractivity contribution in [3.8, 4) is 5.75 Å². The number of nitrogens with zero attached hydrogens (tertiary/aromatic N) is 1. The number of nitrogen functional groups attached to an aromatic ring is 1. The average Bonchev–Trinajstić information content (AvgIpc) is 2.71. The van der Waals surface area contributed by atoms with Crippen LogP contribution in [0.2, 0.25) is 0 Å². The summed E-state index contributed by atoms with van der Waals surface area (Å²) in [5.41, 5.74) is 2.67. The molecule has 2 rings (SSSR count). The summed E-state index contributed by atoms with van der Waals surface area (Å²) in [5.74, 6) is 5.67. The lowest BCUT2D eigenvalue weighted by molar-refractivity contribution is 0.0952. The fourth-order valence-corrected chi connectivity index (χ4v) is 3.50. The van der Waals surface area contributed by atoms with Crippen LogP contribution in [0.4, 0.5) is 0 Å². The highest BCUT2D eigenvalue weighted by Gasteiger charge is 2.20. The second-order valence-corrected chi connectivity index (χ2v) is 7.27. The molecule has 0 saturated carbocycles. The Morgan fingerprint density at radius 3 is 2.33 bits per heavy atom. The lowest BCUT2D eigenvalue weighted by Gasteiger charge is -2.32. The largest absolute Gasteiger partial charge is 0.490 e. The van der Waals surface area contributed by atoms with Crippen LogP contribution in [0.3, 0.4) is 0 Å². The van der Waals surface area contributed by atoms with Crippen LogP contribution < -0.4 is 16.0 Å². The summed E-state index contributed by atoms with van der Waals surface area (Å²) in [6.45, 7) is 4.30. The van der Waals surface area contributed by atoms with E-state index < -0.39 is 0 Å². The molecule has 0 spiro atoms. The minimum absolute atomic E-state index is 0.260. The van der Waals surface area contributed by atoms with Crippen molar-refractivity contribution in [2.24, 2.45) is 5.84 Å². The summed E-state index contributed by atoms with van der Waals surface area (Å²) < 4.78 is 11.1. The Morgan fingerprint density at radius 2 is 1.70 bits per heavy atom. The van der Waals surface area contributed by atoms with Crippen LogP contribution in [0.1, 0.15) is 61.7 Å². The Bertz CT molecular complexity index is 528. The van der Waals surface area contributed by atoms with Gasteiger partial charge in [-0.15, -0.1) is 0 Å². The molecule has 3 N–H and O–H groups in total. The summed E-state index contributed by atoms with van der Waals surface area (Å²) in [6.07, 6.45) is 10.1. The van der Waals surface area contributed by atoms with Gasteiger partial charge >= 0.3 is 0 Å². The minimum atomic E-state index is -0.287. The predicted molar refractivity (Wildman–Crippen MR) is 108 cm³/mol. The maximum absolute atomic E-state index is 11.4. The molecule has 0 atom stereocenters. The van der Waals surface area contributed by atoms with E-state index in [1.165, 1.54) is 45.1 Å². The SMILES string of the molecule is COCCCCCCCCN1CCC(Oc2ccc(C(=O)NN)cc2)CC1. The van der Waals surface area contributed by atoms with Crippen molar-refractivity contribution >= 4 is 5.91 Å². The van der Waals surface area contributed by atoms with Crippen molar-refractivity contribution in [1.29, 1.82) is 0 Å². The molecule has 1 aliphatic heterocycles. The zero-order chi connectivity index (χ0) is 19.3. The van der Waals surface area contributed by atoms with E-state index in [-0.39, 0.29) is 12.0 Å². The van der Waals surface area contributed by atoms with E-state index in [0.29, 0.717) is 5.56 Å². The molecular weight excluding hydrogens is 342 g/mol. The van der Waals surface area contributed by atoms with E-state index in [2.05, 4.69) is 10.3 Å². The van der Waals surface area contributed by atoms with Crippen molar-refractivity contribution in [2.45, 2.75) is 57.5 Å². The fraction of sp³-hybridized carbons (Fsp3) is 0.667. The molecule has 0 unspecified atom stereocenters. The van der Waals surface area contributed by atoms with Gasteiger partial charge in [-0.3, -0.25) is 10.2 Å². The number of rotatable bonds is 12. The lowest BCUT2D eigenvalue weighted by atomic mass is 10.1. The molecule has 27 heavy (non-hydrogen) atoms. The predicted octanol–water partition coefficient (Wildman–Crippen LogP) is 3.12. The van der Waals surface area contributed by atoms with Crippen molar-refractivity contribution in [1.82, 2.24) is 10.3 Å². The number of unbranched alkanes of at least 4 members (excludes halogenated alkanes) is 5. The summed E-state index contributed by atoms with van der Waals surface area (Å²) >= 11 is 0. The van der Waals surface area contributed by atoms with E-state index in [0.717, 1.165) is 38.3 Å². The number of hydrazine groups is 1. The number of amides is 1. The summed E-state index contributed by atoms with van der Waals surface area (Å²) in [5, 5.41) is 0. The molecule has 152 valence electrons. The van der Waals surface area contributed by atoms with Crippen molar-refractivity contribution in [3.63, 3.8) is 0 Å². The van der Waals surface area contributed by atoms with Gasteiger partial charge in [-0.2, -0.15) is 0 Å². The first kappa shape index (κ1) is 21.7. The first-order valence-corrected chi connectivity index (χ1v) is 10.2. The topological polar surface area (TPSA) is 76.8 Å². The van der Waals surface area contributed by atoms with E-state index >= 15 is 0 Å². The van der Waals surface area contributed by atoms with Crippen molar-refractivity contribution in [2.75, 3.05) is 33.4 Å². The molecule has 0 aromatic heterocycles. The molecule has 1 amide bonds. The zero-order valence-corrected chi connectivity index (χ0v) is 16.6. The summed E-state index contributed by atoms with van der Waals surface area (Å²) in [4.78, 5) is 14.0. The third kappa shape index (κ3) is 8.28. The molecule has 1 heterocycles. The van der Waals surface area contributed by atoms with E-state index in [1.54, 1.807) is 19.2 Å². The van der Waals surface area contributed by atoms with E-state index in [4.69, 9.17) is 15.3 Å². The zero-order valence-electron chi connectivity index (χ0n) is 16.6. The monoisotopic (exact) mass is 377 g/mol. The first-order chi connectivity index (χ1) is 13.2. The number of hydrogen-bond acceptors (Lipinski definition) is 5. The third-order valence-electron chi connectivity index (χ3n) is 5.16.